The van der Waals surface area contributed by atoms with Crippen molar-refractivity contribution < 1.29 is 15.0 Å². The molecule has 1 aromatic carbocycles. The number of hydrogen-bond acceptors (Lipinski definition) is 5. The number of rotatable bonds is 4. The number of hydrogen-bond donors (Lipinski definition) is 5. The Morgan fingerprint density at radius 1 is 1.36 bits per heavy atom. The summed E-state index contributed by atoms with van der Waals surface area (Å²) in [7, 11) is 0. The van der Waals surface area contributed by atoms with E-state index in [0.29, 0.717) is 15.8 Å². The van der Waals surface area contributed by atoms with Crippen molar-refractivity contribution in [2.45, 2.75) is 6.29 Å². The van der Waals surface area contributed by atoms with Gasteiger partial charge in [-0.1, -0.05) is 17.7 Å². The van der Waals surface area contributed by atoms with Crippen LogP contribution in [0.3, 0.4) is 0 Å². The summed E-state index contributed by atoms with van der Waals surface area (Å²) in [6, 6.07) is 4.71. The molecule has 9 heteroatoms. The van der Waals surface area contributed by atoms with E-state index in [1.807, 2.05) is 0 Å². The largest absolute Gasteiger partial charge is 0.370 e. The molecule has 0 saturated heterocycles. The maximum absolute atomic E-state index is 11.9. The zero-order valence-corrected chi connectivity index (χ0v) is 12.1. The number of amides is 1. The van der Waals surface area contributed by atoms with Crippen LogP contribution in [0.5, 0.6) is 0 Å². The van der Waals surface area contributed by atoms with Crippen LogP contribution in [-0.4, -0.2) is 39.9 Å². The van der Waals surface area contributed by atoms with Crippen molar-refractivity contribution in [2.75, 3.05) is 6.54 Å². The number of guanidine groups is 1. The van der Waals surface area contributed by atoms with Crippen LogP contribution in [0.4, 0.5) is 5.82 Å². The number of benzene rings is 1. The van der Waals surface area contributed by atoms with Gasteiger partial charge < -0.3 is 27.0 Å². The van der Waals surface area contributed by atoms with Gasteiger partial charge in [-0.05, 0) is 12.1 Å². The first kappa shape index (κ1) is 16.0. The van der Waals surface area contributed by atoms with E-state index in [0.717, 1.165) is 0 Å². The molecule has 0 saturated carbocycles. The average Bonchev–Trinajstić information content (AvgIpc) is 2.47. The molecule has 8 nitrogen and oxygen atoms in total. The number of aliphatic hydroxyl groups excluding tert-OH is 1. The van der Waals surface area contributed by atoms with Gasteiger partial charge in [0, 0.05) is 22.5 Å². The Labute approximate surface area is 130 Å². The number of aromatic nitrogens is 1. The minimum atomic E-state index is -1.63. The van der Waals surface area contributed by atoms with E-state index < -0.39 is 12.2 Å². The van der Waals surface area contributed by atoms with E-state index >= 15 is 0 Å². The monoisotopic (exact) mass is 323 g/mol. The van der Waals surface area contributed by atoms with Crippen molar-refractivity contribution in [2.24, 2.45) is 16.5 Å². The van der Waals surface area contributed by atoms with E-state index in [-0.39, 0.29) is 23.9 Å². The average molecular weight is 324 g/mol. The Bertz CT molecular complexity index is 744. The van der Waals surface area contributed by atoms with Crippen molar-refractivity contribution in [3.8, 4) is 0 Å². The number of carbonyl (C=O) groups is 1. The first-order valence-electron chi connectivity index (χ1n) is 6.20. The Morgan fingerprint density at radius 2 is 2.09 bits per heavy atom. The number of aliphatic hydroxyl groups is 2. The number of carbonyl (C=O) groups excluding carboxylic acids is 1. The number of nitrogens with zero attached hydrogens (tertiary/aromatic N) is 2. The molecule has 0 atom stereocenters. The van der Waals surface area contributed by atoms with E-state index in [4.69, 9.17) is 33.3 Å². The summed E-state index contributed by atoms with van der Waals surface area (Å²) < 4.78 is 0. The molecule has 0 aliphatic rings. The zero-order valence-electron chi connectivity index (χ0n) is 11.3. The van der Waals surface area contributed by atoms with Gasteiger partial charge in [0.2, 0.25) is 0 Å². The van der Waals surface area contributed by atoms with Crippen molar-refractivity contribution in [1.29, 1.82) is 0 Å². The van der Waals surface area contributed by atoms with Gasteiger partial charge in [0.15, 0.2) is 18.1 Å². The third-order valence-corrected chi connectivity index (χ3v) is 3.06. The van der Waals surface area contributed by atoms with Gasteiger partial charge >= 0.3 is 0 Å². The van der Waals surface area contributed by atoms with Crippen molar-refractivity contribution >= 4 is 40.1 Å². The van der Waals surface area contributed by atoms with Crippen LogP contribution in [-0.2, 0) is 0 Å². The van der Waals surface area contributed by atoms with Gasteiger partial charge in [-0.25, -0.2) is 4.98 Å². The lowest BCUT2D eigenvalue weighted by Gasteiger charge is -2.09. The Hall–Kier alpha value is -2.42. The first-order chi connectivity index (χ1) is 10.4. The Morgan fingerprint density at radius 3 is 2.73 bits per heavy atom. The molecule has 0 aliphatic carbocycles. The zero-order chi connectivity index (χ0) is 16.3. The molecule has 0 aliphatic heterocycles. The standard InChI is InChI=1S/C13H14ClN5O3/c14-9-4-17-11(19-13(15)16)8-3-6(1-2-7(8)9)12(22)18-5-10(20)21/h1-4,10,20-21H,5H2,(H,18,22)(H4,15,16,17,19). The molecule has 0 bridgehead atoms. The molecule has 0 spiro atoms. The van der Waals surface area contributed by atoms with Gasteiger partial charge in [0.1, 0.15) is 0 Å². The molecule has 7 N–H and O–H groups in total. The molecule has 116 valence electrons. The predicted molar refractivity (Wildman–Crippen MR) is 82.8 cm³/mol. The van der Waals surface area contributed by atoms with Crippen LogP contribution < -0.4 is 16.8 Å². The molecule has 0 radical (unpaired) electrons. The highest BCUT2D eigenvalue weighted by Crippen LogP contribution is 2.30. The van der Waals surface area contributed by atoms with E-state index in [1.165, 1.54) is 12.3 Å². The normalized spacial score (nSPS) is 10.7. The summed E-state index contributed by atoms with van der Waals surface area (Å²) in [6.45, 7) is -0.286. The number of fused-ring (bicyclic) bond motifs is 1. The fourth-order valence-electron chi connectivity index (χ4n) is 1.83. The second-order valence-corrected chi connectivity index (χ2v) is 4.82. The lowest BCUT2D eigenvalue weighted by atomic mass is 10.1. The maximum Gasteiger partial charge on any atom is 0.251 e. The lowest BCUT2D eigenvalue weighted by molar-refractivity contribution is -0.0361. The third-order valence-electron chi connectivity index (χ3n) is 2.76. The Balaban J connectivity index is 2.48. The molecule has 2 rings (SSSR count). The molecule has 1 heterocycles. The number of nitrogens with one attached hydrogen (secondary N) is 1. The van der Waals surface area contributed by atoms with Gasteiger partial charge in [0.05, 0.1) is 11.6 Å². The van der Waals surface area contributed by atoms with Crippen LogP contribution in [0.2, 0.25) is 5.02 Å². The molecule has 1 aromatic heterocycles. The molecule has 22 heavy (non-hydrogen) atoms. The number of aliphatic imine (C=N–C) groups is 1. The second kappa shape index (κ2) is 6.56. The van der Waals surface area contributed by atoms with Crippen LogP contribution in [0.1, 0.15) is 10.4 Å². The molecule has 0 fully saturated rings. The molecule has 0 unspecified atom stereocenters. The van der Waals surface area contributed by atoms with Crippen LogP contribution in [0.15, 0.2) is 29.4 Å². The number of halogens is 1. The smallest absolute Gasteiger partial charge is 0.251 e. The fraction of sp³-hybridized carbons (Fsp3) is 0.154. The molecular formula is C13H14ClN5O3. The van der Waals surface area contributed by atoms with Crippen LogP contribution in [0.25, 0.3) is 10.8 Å². The van der Waals surface area contributed by atoms with E-state index in [9.17, 15) is 4.79 Å². The van der Waals surface area contributed by atoms with Gasteiger partial charge in [-0.3, -0.25) is 4.79 Å². The predicted octanol–water partition coefficient (Wildman–Crippen LogP) is -0.166. The Kier molecular flexibility index (Phi) is 4.76. The van der Waals surface area contributed by atoms with Crippen molar-refractivity contribution in [3.05, 3.63) is 35.0 Å². The first-order valence-corrected chi connectivity index (χ1v) is 6.58. The molecular weight excluding hydrogens is 310 g/mol. The third kappa shape index (κ3) is 3.61. The quantitative estimate of drug-likeness (QED) is 0.300. The molecule has 1 amide bonds. The summed E-state index contributed by atoms with van der Waals surface area (Å²) in [5.41, 5.74) is 11.0. The summed E-state index contributed by atoms with van der Waals surface area (Å²) in [4.78, 5) is 19.9. The highest BCUT2D eigenvalue weighted by atomic mass is 35.5. The summed E-state index contributed by atoms with van der Waals surface area (Å²) >= 11 is 6.06. The second-order valence-electron chi connectivity index (χ2n) is 4.42. The van der Waals surface area contributed by atoms with Crippen LogP contribution in [0, 0.1) is 0 Å². The number of pyridine rings is 1. The highest BCUT2D eigenvalue weighted by molar-refractivity contribution is 6.35. The van der Waals surface area contributed by atoms with Crippen molar-refractivity contribution in [1.82, 2.24) is 10.3 Å². The van der Waals surface area contributed by atoms with Gasteiger partial charge in [-0.15, -0.1) is 0 Å². The minimum Gasteiger partial charge on any atom is -0.370 e. The van der Waals surface area contributed by atoms with E-state index in [2.05, 4.69) is 15.3 Å². The summed E-state index contributed by atoms with van der Waals surface area (Å²) in [6.07, 6.45) is -0.217. The fourth-order valence-corrected chi connectivity index (χ4v) is 2.05. The van der Waals surface area contributed by atoms with Gasteiger partial charge in [0.25, 0.3) is 5.91 Å². The van der Waals surface area contributed by atoms with Crippen LogP contribution >= 0.6 is 11.6 Å². The van der Waals surface area contributed by atoms with Crippen molar-refractivity contribution in [3.63, 3.8) is 0 Å². The SMILES string of the molecule is NC(N)=Nc1ncc(Cl)c2ccc(C(=O)NCC(O)O)cc12. The van der Waals surface area contributed by atoms with E-state index in [1.54, 1.807) is 12.1 Å². The number of nitrogens with two attached hydrogens (primary N) is 2. The summed E-state index contributed by atoms with van der Waals surface area (Å²) in [5.74, 6) is -0.420. The summed E-state index contributed by atoms with van der Waals surface area (Å²) in [5, 5.41) is 21.4. The maximum atomic E-state index is 11.9. The topological polar surface area (TPSA) is 147 Å². The van der Waals surface area contributed by atoms with Gasteiger partial charge in [-0.2, -0.15) is 4.99 Å². The lowest BCUT2D eigenvalue weighted by Crippen LogP contribution is -2.31. The minimum absolute atomic E-state index is 0.172. The highest BCUT2D eigenvalue weighted by Gasteiger charge is 2.12. The molecule has 2 aromatic rings.